The van der Waals surface area contributed by atoms with E-state index in [1.807, 2.05) is 29.2 Å². The Morgan fingerprint density at radius 1 is 1.16 bits per heavy atom. The molecule has 25 heavy (non-hydrogen) atoms. The van der Waals surface area contributed by atoms with E-state index in [2.05, 4.69) is 10.3 Å². The zero-order valence-corrected chi connectivity index (χ0v) is 14.7. The topological polar surface area (TPSA) is 65.5 Å². The van der Waals surface area contributed by atoms with Gasteiger partial charge in [-0.25, -0.2) is 0 Å². The highest BCUT2D eigenvalue weighted by atomic mass is 35.5. The number of pyridine rings is 1. The number of halogens is 1. The summed E-state index contributed by atoms with van der Waals surface area (Å²) in [7, 11) is 0. The van der Waals surface area contributed by atoms with Crippen molar-refractivity contribution in [1.82, 2.24) is 15.2 Å². The number of aromatic nitrogens is 1. The first-order valence-electron chi connectivity index (χ1n) is 8.50. The minimum absolute atomic E-state index is 0.0595. The number of likely N-dealkylation sites (tertiary alicyclic amines) is 1. The zero-order valence-electron chi connectivity index (χ0n) is 13.9. The molecule has 1 aromatic heterocycles. The number of amides is 1. The van der Waals surface area contributed by atoms with Gasteiger partial charge >= 0.3 is 0 Å². The molecule has 1 amide bonds. The van der Waals surface area contributed by atoms with Crippen molar-refractivity contribution >= 4 is 17.5 Å². The van der Waals surface area contributed by atoms with Gasteiger partial charge < -0.3 is 10.0 Å². The molecule has 3 rings (SSSR count). The molecule has 0 unspecified atom stereocenters. The lowest BCUT2D eigenvalue weighted by Gasteiger charge is -2.28. The molecule has 132 valence electrons. The van der Waals surface area contributed by atoms with Gasteiger partial charge in [-0.15, -0.1) is 0 Å². The third kappa shape index (κ3) is 4.57. The van der Waals surface area contributed by atoms with Crippen LogP contribution in [0, 0.1) is 0 Å². The van der Waals surface area contributed by atoms with Crippen molar-refractivity contribution in [2.75, 3.05) is 13.1 Å². The summed E-state index contributed by atoms with van der Waals surface area (Å²) < 4.78 is 0. The van der Waals surface area contributed by atoms with Crippen LogP contribution in [0.5, 0.6) is 0 Å². The van der Waals surface area contributed by atoms with Gasteiger partial charge in [-0.05, 0) is 48.2 Å². The molecule has 6 heteroatoms. The van der Waals surface area contributed by atoms with Crippen molar-refractivity contribution in [2.45, 2.75) is 31.5 Å². The maximum absolute atomic E-state index is 12.9. The number of hydrogen-bond acceptors (Lipinski definition) is 4. The lowest BCUT2D eigenvalue weighted by Crippen LogP contribution is -2.48. The third-order valence-corrected chi connectivity index (χ3v) is 4.74. The SMILES string of the molecule is O=C([C@H](NCc1ccc(Cl)cc1)[C@@H](O)c1ccncc1)N1CCCC1. The molecule has 0 bridgehead atoms. The summed E-state index contributed by atoms with van der Waals surface area (Å²) in [5.74, 6) is -0.0595. The van der Waals surface area contributed by atoms with E-state index in [-0.39, 0.29) is 5.91 Å². The van der Waals surface area contributed by atoms with Crippen LogP contribution in [0.3, 0.4) is 0 Å². The van der Waals surface area contributed by atoms with Gasteiger partial charge in [0.2, 0.25) is 5.91 Å². The lowest BCUT2D eigenvalue weighted by molar-refractivity contribution is -0.135. The van der Waals surface area contributed by atoms with Gasteiger partial charge in [0.25, 0.3) is 0 Å². The Labute approximate surface area is 152 Å². The van der Waals surface area contributed by atoms with Gasteiger partial charge in [-0.1, -0.05) is 23.7 Å². The third-order valence-electron chi connectivity index (χ3n) is 4.49. The smallest absolute Gasteiger partial charge is 0.242 e. The molecule has 2 atom stereocenters. The van der Waals surface area contributed by atoms with Crippen LogP contribution in [-0.2, 0) is 11.3 Å². The highest BCUT2D eigenvalue weighted by Crippen LogP contribution is 2.20. The Hall–Kier alpha value is -1.95. The summed E-state index contributed by atoms with van der Waals surface area (Å²) in [4.78, 5) is 18.7. The Morgan fingerprint density at radius 3 is 2.44 bits per heavy atom. The van der Waals surface area contributed by atoms with Gasteiger partial charge in [0, 0.05) is 37.1 Å². The van der Waals surface area contributed by atoms with Gasteiger partial charge in [-0.3, -0.25) is 15.1 Å². The molecule has 5 nitrogen and oxygen atoms in total. The normalized spacial score (nSPS) is 16.6. The molecule has 1 fully saturated rings. The maximum atomic E-state index is 12.9. The van der Waals surface area contributed by atoms with Crippen LogP contribution in [0.1, 0.15) is 30.1 Å². The quantitative estimate of drug-likeness (QED) is 0.832. The molecule has 1 aliphatic heterocycles. The van der Waals surface area contributed by atoms with Gasteiger partial charge in [0.15, 0.2) is 0 Å². The number of nitrogens with one attached hydrogen (secondary N) is 1. The number of rotatable bonds is 6. The fraction of sp³-hybridized carbons (Fsp3) is 0.368. The van der Waals surface area contributed by atoms with E-state index < -0.39 is 12.1 Å². The number of carbonyl (C=O) groups is 1. The van der Waals surface area contributed by atoms with Crippen LogP contribution < -0.4 is 5.32 Å². The Morgan fingerprint density at radius 2 is 1.80 bits per heavy atom. The average Bonchev–Trinajstić information content (AvgIpc) is 3.18. The molecule has 0 radical (unpaired) electrons. The minimum Gasteiger partial charge on any atom is -0.386 e. The second kappa shape index (κ2) is 8.43. The van der Waals surface area contributed by atoms with Crippen LogP contribution >= 0.6 is 11.6 Å². The molecule has 2 N–H and O–H groups in total. The Bertz CT molecular complexity index is 688. The molecule has 1 aromatic carbocycles. The largest absolute Gasteiger partial charge is 0.386 e. The number of nitrogens with zero attached hydrogens (tertiary/aromatic N) is 2. The Balaban J connectivity index is 1.75. The van der Waals surface area contributed by atoms with E-state index in [0.717, 1.165) is 31.5 Å². The number of aliphatic hydroxyl groups excluding tert-OH is 1. The first-order chi connectivity index (χ1) is 12.1. The highest BCUT2D eigenvalue weighted by molar-refractivity contribution is 6.30. The van der Waals surface area contributed by atoms with Crippen molar-refractivity contribution in [3.05, 3.63) is 64.9 Å². The number of hydrogen-bond donors (Lipinski definition) is 2. The first kappa shape index (κ1) is 17.9. The molecular weight excluding hydrogens is 338 g/mol. The predicted molar refractivity (Wildman–Crippen MR) is 97.1 cm³/mol. The van der Waals surface area contributed by atoms with Gasteiger partial charge in [0.05, 0.1) is 0 Å². The Kier molecular flexibility index (Phi) is 6.02. The maximum Gasteiger partial charge on any atom is 0.242 e. The molecule has 0 spiro atoms. The second-order valence-electron chi connectivity index (χ2n) is 6.24. The van der Waals surface area contributed by atoms with Crippen molar-refractivity contribution in [1.29, 1.82) is 0 Å². The van der Waals surface area contributed by atoms with Gasteiger partial charge in [-0.2, -0.15) is 0 Å². The summed E-state index contributed by atoms with van der Waals surface area (Å²) in [5.41, 5.74) is 1.68. The zero-order chi connectivity index (χ0) is 17.6. The average molecular weight is 360 g/mol. The van der Waals surface area contributed by atoms with Crippen molar-refractivity contribution in [3.8, 4) is 0 Å². The second-order valence-corrected chi connectivity index (χ2v) is 6.68. The summed E-state index contributed by atoms with van der Waals surface area (Å²) >= 11 is 5.91. The fourth-order valence-electron chi connectivity index (χ4n) is 3.05. The van der Waals surface area contributed by atoms with Crippen LogP contribution in [0.4, 0.5) is 0 Å². The van der Waals surface area contributed by atoms with E-state index >= 15 is 0 Å². The predicted octanol–water partition coefficient (Wildman–Crippen LogP) is 2.55. The molecule has 2 aromatic rings. The van der Waals surface area contributed by atoms with Crippen molar-refractivity contribution < 1.29 is 9.90 Å². The molecule has 0 aliphatic carbocycles. The lowest BCUT2D eigenvalue weighted by atomic mass is 10.0. The van der Waals surface area contributed by atoms with E-state index in [1.165, 1.54) is 0 Å². The van der Waals surface area contributed by atoms with Crippen LogP contribution in [0.2, 0.25) is 5.02 Å². The van der Waals surface area contributed by atoms with Crippen LogP contribution in [0.15, 0.2) is 48.8 Å². The van der Waals surface area contributed by atoms with Crippen molar-refractivity contribution in [2.24, 2.45) is 0 Å². The van der Waals surface area contributed by atoms with Gasteiger partial charge in [0.1, 0.15) is 12.1 Å². The summed E-state index contributed by atoms with van der Waals surface area (Å²) in [5, 5.41) is 14.7. The van der Waals surface area contributed by atoms with Crippen LogP contribution in [-0.4, -0.2) is 40.0 Å². The molecule has 1 aliphatic rings. The summed E-state index contributed by atoms with van der Waals surface area (Å²) in [6, 6.07) is 10.2. The van der Waals surface area contributed by atoms with Crippen LogP contribution in [0.25, 0.3) is 0 Å². The standard InChI is InChI=1S/C19H22ClN3O2/c20-16-5-3-14(4-6-16)13-22-17(19(25)23-11-1-2-12-23)18(24)15-7-9-21-10-8-15/h3-10,17-18,22,24H,1-2,11-13H2/t17-,18+/m1/s1. The van der Waals surface area contributed by atoms with Crippen molar-refractivity contribution in [3.63, 3.8) is 0 Å². The summed E-state index contributed by atoms with van der Waals surface area (Å²) in [6.45, 7) is 1.98. The summed E-state index contributed by atoms with van der Waals surface area (Å²) in [6.07, 6.45) is 4.34. The molecule has 0 saturated carbocycles. The minimum atomic E-state index is -0.927. The first-order valence-corrected chi connectivity index (χ1v) is 8.87. The molecule has 2 heterocycles. The molecule has 1 saturated heterocycles. The van der Waals surface area contributed by atoms with E-state index in [1.54, 1.807) is 24.5 Å². The fourth-order valence-corrected chi connectivity index (χ4v) is 3.18. The number of benzene rings is 1. The monoisotopic (exact) mass is 359 g/mol. The number of aliphatic hydroxyl groups is 1. The van der Waals surface area contributed by atoms with E-state index in [9.17, 15) is 9.90 Å². The molecular formula is C19H22ClN3O2. The van der Waals surface area contributed by atoms with E-state index in [0.29, 0.717) is 17.1 Å². The van der Waals surface area contributed by atoms with E-state index in [4.69, 9.17) is 11.6 Å². The number of carbonyl (C=O) groups excluding carboxylic acids is 1. The highest BCUT2D eigenvalue weighted by Gasteiger charge is 2.32.